The Morgan fingerprint density at radius 3 is 2.35 bits per heavy atom. The number of aliphatic hydroxyl groups excluding tert-OH is 4. The van der Waals surface area contributed by atoms with Crippen LogP contribution in [0.4, 0.5) is 0 Å². The molecule has 9 atom stereocenters. The number of phenolic OH excluding ortho intramolecular Hbond substituents is 2. The van der Waals surface area contributed by atoms with E-state index in [1.807, 2.05) is 0 Å². The van der Waals surface area contributed by atoms with Gasteiger partial charge in [0.15, 0.2) is 29.3 Å². The van der Waals surface area contributed by atoms with Crippen molar-refractivity contribution in [3.63, 3.8) is 0 Å². The number of carbonyl (C=O) groups excluding carboxylic acids is 2. The van der Waals surface area contributed by atoms with Crippen molar-refractivity contribution in [1.82, 2.24) is 4.90 Å². The molecule has 0 aromatic heterocycles. The molecule has 15 heteroatoms. The van der Waals surface area contributed by atoms with Crippen molar-refractivity contribution in [1.29, 1.82) is 0 Å². The summed E-state index contributed by atoms with van der Waals surface area (Å²) >= 11 is 0. The van der Waals surface area contributed by atoms with E-state index in [0.717, 1.165) is 11.8 Å². The minimum absolute atomic E-state index is 0.0667. The number of esters is 1. The maximum Gasteiger partial charge on any atom is 0.337 e. The van der Waals surface area contributed by atoms with E-state index in [4.69, 9.17) is 28.4 Å². The molecule has 6 N–H and O–H groups in total. The number of amides is 1. The summed E-state index contributed by atoms with van der Waals surface area (Å²) in [7, 11) is 4.06. The molecule has 0 saturated carbocycles. The second-order valence-corrected chi connectivity index (χ2v) is 12.3. The highest BCUT2D eigenvalue weighted by Crippen LogP contribution is 2.45. The average Bonchev–Trinajstić information content (AvgIpc) is 3.13. The number of ether oxygens (including phenoxy) is 6. The van der Waals surface area contributed by atoms with Crippen molar-refractivity contribution in [3.8, 4) is 23.0 Å². The first-order chi connectivity index (χ1) is 24.4. The SMILES string of the molecule is C=CC1C(OC2OC(CO)C(O)C(O)C2O)OC=C(C(=O)OC)C1CC1c2cc(O)c(OC)cc2CCN1C(=O)C=Cc1ccc(OC)c(O)c1. The summed E-state index contributed by atoms with van der Waals surface area (Å²) in [5.41, 5.74) is 2.05. The topological polar surface area (TPSA) is 214 Å². The number of aliphatic hydroxyl groups is 4. The number of aromatic hydroxyl groups is 2. The molecule has 1 amide bonds. The van der Waals surface area contributed by atoms with E-state index >= 15 is 0 Å². The minimum atomic E-state index is -1.73. The van der Waals surface area contributed by atoms with E-state index in [1.165, 1.54) is 45.6 Å². The van der Waals surface area contributed by atoms with Gasteiger partial charge in [0, 0.05) is 24.5 Å². The van der Waals surface area contributed by atoms with Gasteiger partial charge < -0.3 is 64.0 Å². The van der Waals surface area contributed by atoms with Crippen LogP contribution in [0.3, 0.4) is 0 Å². The maximum absolute atomic E-state index is 13.9. The number of phenols is 2. The van der Waals surface area contributed by atoms with Crippen LogP contribution in [0.15, 0.2) is 60.9 Å². The molecule has 51 heavy (non-hydrogen) atoms. The van der Waals surface area contributed by atoms with Crippen LogP contribution < -0.4 is 9.47 Å². The van der Waals surface area contributed by atoms with Gasteiger partial charge >= 0.3 is 5.97 Å². The average molecular weight is 714 g/mol. The van der Waals surface area contributed by atoms with Crippen molar-refractivity contribution in [3.05, 3.63) is 77.6 Å². The van der Waals surface area contributed by atoms with E-state index in [9.17, 15) is 40.2 Å². The highest BCUT2D eigenvalue weighted by Gasteiger charge is 2.48. The van der Waals surface area contributed by atoms with Crippen LogP contribution in [-0.2, 0) is 35.0 Å². The molecule has 0 spiro atoms. The second kappa shape index (κ2) is 16.1. The molecule has 276 valence electrons. The number of rotatable bonds is 11. The number of hydrogen-bond donors (Lipinski definition) is 6. The molecule has 15 nitrogen and oxygen atoms in total. The summed E-state index contributed by atoms with van der Waals surface area (Å²) in [4.78, 5) is 28.7. The first-order valence-corrected chi connectivity index (χ1v) is 16.2. The summed E-state index contributed by atoms with van der Waals surface area (Å²) in [5.74, 6) is -2.47. The summed E-state index contributed by atoms with van der Waals surface area (Å²) in [6, 6.07) is 7.19. The van der Waals surface area contributed by atoms with E-state index in [1.54, 1.807) is 29.2 Å². The Bertz CT molecular complexity index is 1660. The monoisotopic (exact) mass is 713 g/mol. The molecular weight excluding hydrogens is 670 g/mol. The lowest BCUT2D eigenvalue weighted by Gasteiger charge is -2.44. The molecule has 0 bridgehead atoms. The Morgan fingerprint density at radius 2 is 1.71 bits per heavy atom. The minimum Gasteiger partial charge on any atom is -0.504 e. The van der Waals surface area contributed by atoms with Crippen molar-refractivity contribution >= 4 is 18.0 Å². The lowest BCUT2D eigenvalue weighted by Crippen LogP contribution is -2.60. The third kappa shape index (κ3) is 7.68. The lowest BCUT2D eigenvalue weighted by atomic mass is 9.76. The quantitative estimate of drug-likeness (QED) is 0.110. The highest BCUT2D eigenvalue weighted by molar-refractivity contribution is 5.92. The first kappa shape index (κ1) is 37.6. The standard InChI is InChI=1S/C36H43NO14/c1-5-20-22(23(34(45)48-4)17-49-35(20)51-36-33(44)32(43)31(42)29(16-38)50-36)14-24-21-15-26(40)28(47-3)13-19(21)10-11-37(24)30(41)9-7-18-6-8-27(46-2)25(39)12-18/h5-9,12-13,15,17,20,22,24,29,31-33,35-36,38-40,42-44H,1,10-11,14,16H2,2-4H3. The number of carbonyl (C=O) groups is 2. The van der Waals surface area contributed by atoms with Gasteiger partial charge in [0.25, 0.3) is 0 Å². The van der Waals surface area contributed by atoms with Gasteiger partial charge in [0.1, 0.15) is 24.4 Å². The number of benzene rings is 2. The molecule has 2 aromatic rings. The molecule has 2 aromatic carbocycles. The summed E-state index contributed by atoms with van der Waals surface area (Å²) in [6.45, 7) is 3.52. The molecule has 0 aliphatic carbocycles. The van der Waals surface area contributed by atoms with Crippen LogP contribution in [0, 0.1) is 11.8 Å². The third-order valence-electron chi connectivity index (χ3n) is 9.50. The van der Waals surface area contributed by atoms with Gasteiger partial charge in [-0.05, 0) is 59.9 Å². The van der Waals surface area contributed by atoms with Gasteiger partial charge in [-0.3, -0.25) is 4.79 Å². The molecular formula is C36H43NO14. The van der Waals surface area contributed by atoms with E-state index in [0.29, 0.717) is 17.5 Å². The Labute approximate surface area is 294 Å². The number of hydrogen-bond acceptors (Lipinski definition) is 14. The highest BCUT2D eigenvalue weighted by atomic mass is 16.8. The molecule has 5 rings (SSSR count). The number of methoxy groups -OCH3 is 3. The lowest BCUT2D eigenvalue weighted by molar-refractivity contribution is -0.339. The fourth-order valence-corrected chi connectivity index (χ4v) is 6.74. The number of fused-ring (bicyclic) bond motifs is 1. The van der Waals surface area contributed by atoms with Crippen LogP contribution in [0.1, 0.15) is 29.2 Å². The van der Waals surface area contributed by atoms with Crippen LogP contribution in [0.25, 0.3) is 6.08 Å². The zero-order valence-corrected chi connectivity index (χ0v) is 28.3. The summed E-state index contributed by atoms with van der Waals surface area (Å²) in [5, 5.41) is 61.9. The Morgan fingerprint density at radius 1 is 0.980 bits per heavy atom. The first-order valence-electron chi connectivity index (χ1n) is 16.2. The van der Waals surface area contributed by atoms with Gasteiger partial charge in [-0.25, -0.2) is 4.79 Å². The van der Waals surface area contributed by atoms with Gasteiger partial charge in [-0.1, -0.05) is 12.1 Å². The summed E-state index contributed by atoms with van der Waals surface area (Å²) < 4.78 is 32.8. The normalized spacial score (nSPS) is 29.0. The van der Waals surface area contributed by atoms with E-state index in [2.05, 4.69) is 6.58 Å². The Balaban J connectivity index is 1.51. The zero-order chi connectivity index (χ0) is 37.0. The van der Waals surface area contributed by atoms with Gasteiger partial charge in [0.2, 0.25) is 12.2 Å². The van der Waals surface area contributed by atoms with Crippen molar-refractivity contribution in [2.24, 2.45) is 11.8 Å². The van der Waals surface area contributed by atoms with Crippen LogP contribution in [0.2, 0.25) is 0 Å². The molecule has 1 fully saturated rings. The predicted octanol–water partition coefficient (Wildman–Crippen LogP) is 1.29. The smallest absolute Gasteiger partial charge is 0.337 e. The van der Waals surface area contributed by atoms with Crippen molar-refractivity contribution < 1.29 is 68.6 Å². The largest absolute Gasteiger partial charge is 0.504 e. The van der Waals surface area contributed by atoms with Crippen molar-refractivity contribution in [2.75, 3.05) is 34.5 Å². The molecule has 0 radical (unpaired) electrons. The zero-order valence-electron chi connectivity index (χ0n) is 28.3. The molecule has 3 heterocycles. The molecule has 3 aliphatic rings. The predicted molar refractivity (Wildman–Crippen MR) is 178 cm³/mol. The van der Waals surface area contributed by atoms with Gasteiger partial charge in [0.05, 0.1) is 45.8 Å². The maximum atomic E-state index is 13.9. The molecule has 1 saturated heterocycles. The Kier molecular flexibility index (Phi) is 11.9. The number of nitrogens with zero attached hydrogens (tertiary/aromatic N) is 1. The van der Waals surface area contributed by atoms with Crippen molar-refractivity contribution in [2.45, 2.75) is 55.9 Å². The van der Waals surface area contributed by atoms with Crippen LogP contribution in [-0.4, -0.2) is 119 Å². The fourth-order valence-electron chi connectivity index (χ4n) is 6.74. The van der Waals surface area contributed by atoms with Crippen LogP contribution >= 0.6 is 0 Å². The molecule has 9 unspecified atom stereocenters. The third-order valence-corrected chi connectivity index (χ3v) is 9.50. The van der Waals surface area contributed by atoms with Gasteiger partial charge in [-0.2, -0.15) is 0 Å². The van der Waals surface area contributed by atoms with E-state index in [-0.39, 0.29) is 41.5 Å². The van der Waals surface area contributed by atoms with Gasteiger partial charge in [-0.15, -0.1) is 6.58 Å². The Hall–Kier alpha value is -4.64. The fraction of sp³-hybridized carbons (Fsp3) is 0.444. The summed E-state index contributed by atoms with van der Waals surface area (Å²) in [6.07, 6.45) is -3.07. The molecule has 3 aliphatic heterocycles. The van der Waals surface area contributed by atoms with Crippen LogP contribution in [0.5, 0.6) is 23.0 Å². The van der Waals surface area contributed by atoms with E-state index < -0.39 is 73.4 Å². The second-order valence-electron chi connectivity index (χ2n) is 12.3.